The minimum absolute atomic E-state index is 0.186. The lowest BCUT2D eigenvalue weighted by Crippen LogP contribution is -2.07. The molecule has 0 amide bonds. The quantitative estimate of drug-likeness (QED) is 0.839. The second-order valence-corrected chi connectivity index (χ2v) is 5.93. The van der Waals surface area contributed by atoms with Gasteiger partial charge in [0.05, 0.1) is 5.75 Å². The molecule has 5 heteroatoms. The molecular formula is C9H16N2O2S. The number of aromatic nitrogens is 2. The van der Waals surface area contributed by atoms with E-state index >= 15 is 0 Å². The van der Waals surface area contributed by atoms with Crippen LogP contribution in [-0.4, -0.2) is 20.0 Å². The third kappa shape index (κ3) is 3.67. The van der Waals surface area contributed by atoms with Crippen molar-refractivity contribution in [1.82, 2.24) is 10.1 Å². The molecule has 0 unspecified atom stereocenters. The fourth-order valence-electron chi connectivity index (χ4n) is 0.777. The zero-order valence-electron chi connectivity index (χ0n) is 8.94. The van der Waals surface area contributed by atoms with E-state index in [1.54, 1.807) is 18.7 Å². The van der Waals surface area contributed by atoms with Gasteiger partial charge in [-0.05, 0) is 6.92 Å². The summed E-state index contributed by atoms with van der Waals surface area (Å²) in [5, 5.41) is 12.9. The first-order chi connectivity index (χ1) is 6.38. The van der Waals surface area contributed by atoms with Crippen molar-refractivity contribution in [3.8, 4) is 0 Å². The lowest BCUT2D eigenvalue weighted by atomic mass is 10.3. The summed E-state index contributed by atoms with van der Waals surface area (Å²) in [5.41, 5.74) is 0. The first kappa shape index (κ1) is 11.5. The topological polar surface area (TPSA) is 59.2 Å². The number of hydrogen-bond acceptors (Lipinski definition) is 5. The van der Waals surface area contributed by atoms with Gasteiger partial charge in [0.25, 0.3) is 5.89 Å². The van der Waals surface area contributed by atoms with Crippen LogP contribution >= 0.6 is 11.8 Å². The maximum atomic E-state index is 9.16. The van der Waals surface area contributed by atoms with Gasteiger partial charge >= 0.3 is 0 Å². The van der Waals surface area contributed by atoms with Crippen molar-refractivity contribution in [2.45, 2.75) is 44.3 Å². The Hall–Kier alpha value is -0.550. The minimum atomic E-state index is -0.684. The third-order valence-corrected chi connectivity index (χ3v) is 2.74. The van der Waals surface area contributed by atoms with Gasteiger partial charge in [-0.25, -0.2) is 0 Å². The van der Waals surface area contributed by atoms with Crippen LogP contribution in [0.5, 0.6) is 0 Å². The lowest BCUT2D eigenvalue weighted by molar-refractivity contribution is 0.151. The van der Waals surface area contributed by atoms with Crippen molar-refractivity contribution in [3.63, 3.8) is 0 Å². The molecule has 0 spiro atoms. The third-order valence-electron chi connectivity index (χ3n) is 1.48. The predicted octanol–water partition coefficient (Wildman–Crippen LogP) is 2.15. The highest BCUT2D eigenvalue weighted by Gasteiger charge is 2.15. The van der Waals surface area contributed by atoms with E-state index in [0.29, 0.717) is 11.6 Å². The molecule has 4 nitrogen and oxygen atoms in total. The highest BCUT2D eigenvalue weighted by atomic mass is 32.2. The van der Waals surface area contributed by atoms with Gasteiger partial charge in [-0.1, -0.05) is 25.9 Å². The van der Waals surface area contributed by atoms with Crippen LogP contribution in [0.2, 0.25) is 0 Å². The highest BCUT2D eigenvalue weighted by Crippen LogP contribution is 2.26. The average molecular weight is 216 g/mol. The van der Waals surface area contributed by atoms with E-state index in [0.717, 1.165) is 0 Å². The Bertz CT molecular complexity index is 291. The van der Waals surface area contributed by atoms with Crippen LogP contribution in [0.3, 0.4) is 0 Å². The summed E-state index contributed by atoms with van der Waals surface area (Å²) < 4.78 is 5.05. The minimum Gasteiger partial charge on any atom is -0.384 e. The van der Waals surface area contributed by atoms with E-state index in [1.807, 2.05) is 0 Å². The number of aliphatic hydroxyl groups is 1. The molecule has 1 rings (SSSR count). The molecule has 1 aromatic rings. The van der Waals surface area contributed by atoms with E-state index in [2.05, 4.69) is 30.9 Å². The highest BCUT2D eigenvalue weighted by molar-refractivity contribution is 7.99. The van der Waals surface area contributed by atoms with Crippen LogP contribution in [-0.2, 0) is 5.75 Å². The summed E-state index contributed by atoms with van der Waals surface area (Å²) in [7, 11) is 0. The Kier molecular flexibility index (Phi) is 3.55. The standard InChI is InChI=1S/C9H16N2O2S/c1-6(12)8-10-7(11-13-8)5-14-9(2,3)4/h6,12H,5H2,1-4H3/t6-/m0/s1. The Morgan fingerprint density at radius 2 is 2.14 bits per heavy atom. The predicted molar refractivity (Wildman–Crippen MR) is 56.0 cm³/mol. The number of nitrogens with zero attached hydrogens (tertiary/aromatic N) is 2. The number of thioether (sulfide) groups is 1. The molecule has 0 radical (unpaired) electrons. The molecule has 0 saturated heterocycles. The molecule has 1 N–H and O–H groups in total. The normalized spacial score (nSPS) is 14.4. The van der Waals surface area contributed by atoms with Crippen LogP contribution < -0.4 is 0 Å². The molecular weight excluding hydrogens is 200 g/mol. The van der Waals surface area contributed by atoms with Gasteiger partial charge in [0.2, 0.25) is 0 Å². The summed E-state index contributed by atoms with van der Waals surface area (Å²) in [6, 6.07) is 0. The summed E-state index contributed by atoms with van der Waals surface area (Å²) in [5.74, 6) is 1.63. The summed E-state index contributed by atoms with van der Waals surface area (Å²) in [6.45, 7) is 8.00. The van der Waals surface area contributed by atoms with Crippen molar-refractivity contribution >= 4 is 11.8 Å². The van der Waals surface area contributed by atoms with Gasteiger partial charge in [-0.15, -0.1) is 11.8 Å². The van der Waals surface area contributed by atoms with E-state index in [9.17, 15) is 0 Å². The van der Waals surface area contributed by atoms with Crippen LogP contribution in [0.15, 0.2) is 4.52 Å². The van der Waals surface area contributed by atoms with Crippen molar-refractivity contribution in [1.29, 1.82) is 0 Å². The van der Waals surface area contributed by atoms with Gasteiger partial charge in [0.1, 0.15) is 6.10 Å². The van der Waals surface area contributed by atoms with Crippen molar-refractivity contribution < 1.29 is 9.63 Å². The largest absolute Gasteiger partial charge is 0.384 e. The molecule has 1 aromatic heterocycles. The monoisotopic (exact) mass is 216 g/mol. The Morgan fingerprint density at radius 1 is 1.50 bits per heavy atom. The zero-order chi connectivity index (χ0) is 10.8. The molecule has 0 fully saturated rings. The Balaban J connectivity index is 2.52. The number of hydrogen-bond donors (Lipinski definition) is 1. The van der Waals surface area contributed by atoms with Crippen molar-refractivity contribution in [3.05, 3.63) is 11.7 Å². The van der Waals surface area contributed by atoms with Gasteiger partial charge in [-0.3, -0.25) is 0 Å². The maximum absolute atomic E-state index is 9.16. The summed E-state index contributed by atoms with van der Waals surface area (Å²) >= 11 is 1.75. The first-order valence-corrected chi connectivity index (χ1v) is 5.51. The van der Waals surface area contributed by atoms with Gasteiger partial charge in [-0.2, -0.15) is 4.98 Å². The zero-order valence-corrected chi connectivity index (χ0v) is 9.76. The smallest absolute Gasteiger partial charge is 0.255 e. The van der Waals surface area contributed by atoms with E-state index in [1.165, 1.54) is 0 Å². The Labute approximate surface area is 88.1 Å². The fourth-order valence-corrected chi connectivity index (χ4v) is 1.46. The first-order valence-electron chi connectivity index (χ1n) is 4.53. The van der Waals surface area contributed by atoms with E-state index < -0.39 is 6.10 Å². The molecule has 14 heavy (non-hydrogen) atoms. The van der Waals surface area contributed by atoms with E-state index in [4.69, 9.17) is 9.63 Å². The second kappa shape index (κ2) is 4.31. The molecule has 1 heterocycles. The Morgan fingerprint density at radius 3 is 2.57 bits per heavy atom. The van der Waals surface area contributed by atoms with Crippen molar-refractivity contribution in [2.75, 3.05) is 0 Å². The SMILES string of the molecule is C[C@H](O)c1nc(CSC(C)(C)C)no1. The molecule has 0 aliphatic carbocycles. The molecule has 0 aromatic carbocycles. The van der Waals surface area contributed by atoms with Crippen LogP contribution in [0.25, 0.3) is 0 Å². The maximum Gasteiger partial charge on any atom is 0.255 e. The fraction of sp³-hybridized carbons (Fsp3) is 0.778. The number of aliphatic hydroxyl groups excluding tert-OH is 1. The molecule has 80 valence electrons. The molecule has 0 aliphatic rings. The molecule has 1 atom stereocenters. The molecule has 0 bridgehead atoms. The second-order valence-electron chi connectivity index (χ2n) is 4.13. The van der Waals surface area contributed by atoms with Gasteiger partial charge in [0, 0.05) is 4.75 Å². The van der Waals surface area contributed by atoms with Gasteiger partial charge in [0.15, 0.2) is 5.82 Å². The van der Waals surface area contributed by atoms with Gasteiger partial charge < -0.3 is 9.63 Å². The molecule has 0 saturated carbocycles. The van der Waals surface area contributed by atoms with Crippen LogP contribution in [0, 0.1) is 0 Å². The lowest BCUT2D eigenvalue weighted by Gasteiger charge is -2.15. The summed E-state index contributed by atoms with van der Waals surface area (Å²) in [6.07, 6.45) is -0.684. The van der Waals surface area contributed by atoms with Crippen LogP contribution in [0.1, 0.15) is 45.5 Å². The average Bonchev–Trinajstić information content (AvgIpc) is 2.47. The van der Waals surface area contributed by atoms with Crippen LogP contribution in [0.4, 0.5) is 0 Å². The molecule has 0 aliphatic heterocycles. The summed E-state index contributed by atoms with van der Waals surface area (Å²) in [4.78, 5) is 4.06. The van der Waals surface area contributed by atoms with E-state index in [-0.39, 0.29) is 10.6 Å². The number of rotatable bonds is 3. The van der Waals surface area contributed by atoms with Crippen molar-refractivity contribution in [2.24, 2.45) is 0 Å².